The number of aryl methyl sites for hydroxylation is 1. The highest BCUT2D eigenvalue weighted by Gasteiger charge is 2.25. The van der Waals surface area contributed by atoms with E-state index in [1.165, 1.54) is 11.8 Å². The highest BCUT2D eigenvalue weighted by Crippen LogP contribution is 2.34. The molecule has 3 aromatic carbocycles. The van der Waals surface area contributed by atoms with Gasteiger partial charge in [-0.15, -0.1) is 5.10 Å². The minimum atomic E-state index is -0.684. The molecular formula is C29H23N5O4. The Morgan fingerprint density at radius 2 is 1.61 bits per heavy atom. The predicted octanol–water partition coefficient (Wildman–Crippen LogP) is 4.72. The number of hydrogen-bond donors (Lipinski definition) is 0. The number of ether oxygens (including phenoxy) is 2. The average Bonchev–Trinajstić information content (AvgIpc) is 3.39. The number of esters is 2. The van der Waals surface area contributed by atoms with Gasteiger partial charge in [0, 0.05) is 10.9 Å². The van der Waals surface area contributed by atoms with E-state index in [2.05, 4.69) is 20.5 Å². The van der Waals surface area contributed by atoms with E-state index in [-0.39, 0.29) is 23.6 Å². The summed E-state index contributed by atoms with van der Waals surface area (Å²) in [4.78, 5) is 31.1. The molecule has 0 fully saturated rings. The van der Waals surface area contributed by atoms with E-state index < -0.39 is 11.9 Å². The Morgan fingerprint density at radius 3 is 2.29 bits per heavy atom. The summed E-state index contributed by atoms with van der Waals surface area (Å²) in [6.07, 6.45) is 1.64. The van der Waals surface area contributed by atoms with Crippen molar-refractivity contribution in [2.75, 3.05) is 7.11 Å². The quantitative estimate of drug-likeness (QED) is 0.231. The van der Waals surface area contributed by atoms with E-state index in [0.717, 1.165) is 16.5 Å². The number of fused-ring (bicyclic) bond motifs is 1. The minimum Gasteiger partial charge on any atom is -0.465 e. The van der Waals surface area contributed by atoms with E-state index in [1.54, 1.807) is 13.0 Å². The van der Waals surface area contributed by atoms with E-state index in [9.17, 15) is 9.59 Å². The Hall–Kier alpha value is -5.18. The number of pyridine rings is 1. The highest BCUT2D eigenvalue weighted by molar-refractivity contribution is 6.15. The Labute approximate surface area is 218 Å². The summed E-state index contributed by atoms with van der Waals surface area (Å²) in [5.74, 6) is -0.851. The third-order valence-corrected chi connectivity index (χ3v) is 5.93. The molecule has 0 saturated carbocycles. The molecule has 0 spiro atoms. The normalized spacial score (nSPS) is 11.4. The number of tetrazole rings is 1. The second-order valence-electron chi connectivity index (χ2n) is 8.34. The summed E-state index contributed by atoms with van der Waals surface area (Å²) in [7, 11) is 1.31. The van der Waals surface area contributed by atoms with Crippen LogP contribution in [-0.4, -0.2) is 44.2 Å². The molecule has 0 atom stereocenters. The van der Waals surface area contributed by atoms with Gasteiger partial charge in [0.05, 0.1) is 23.9 Å². The molecule has 188 valence electrons. The highest BCUT2D eigenvalue weighted by atomic mass is 16.5. The average molecular weight is 506 g/mol. The largest absolute Gasteiger partial charge is 0.465 e. The standard InChI is InChI=1S/C29H23N5O4/c1-19-31-32-33-34(19)25(17-20-11-5-3-6-12-20)28(35)38-18-24-27(29(36)37-2)26(21-13-7-4-8-14-21)22-15-9-10-16-23(22)30-24/h3-17H,18H2,1-2H3. The van der Waals surface area contributed by atoms with Crippen molar-refractivity contribution in [3.05, 3.63) is 108 Å². The van der Waals surface area contributed by atoms with E-state index in [4.69, 9.17) is 9.47 Å². The fourth-order valence-corrected chi connectivity index (χ4v) is 4.17. The van der Waals surface area contributed by atoms with Crippen molar-refractivity contribution in [2.24, 2.45) is 0 Å². The number of benzene rings is 3. The summed E-state index contributed by atoms with van der Waals surface area (Å²) >= 11 is 0. The van der Waals surface area contributed by atoms with Gasteiger partial charge in [-0.2, -0.15) is 4.68 Å². The zero-order valence-electron chi connectivity index (χ0n) is 20.7. The van der Waals surface area contributed by atoms with Crippen molar-refractivity contribution in [1.82, 2.24) is 25.2 Å². The van der Waals surface area contributed by atoms with Gasteiger partial charge in [0.1, 0.15) is 6.61 Å². The number of methoxy groups -OCH3 is 1. The molecule has 0 bridgehead atoms. The van der Waals surface area contributed by atoms with Gasteiger partial charge in [0.15, 0.2) is 11.5 Å². The van der Waals surface area contributed by atoms with Crippen LogP contribution in [0.3, 0.4) is 0 Å². The Bertz CT molecular complexity index is 1650. The van der Waals surface area contributed by atoms with Crippen LogP contribution < -0.4 is 0 Å². The number of nitrogens with zero attached hydrogens (tertiary/aromatic N) is 5. The van der Waals surface area contributed by atoms with Crippen molar-refractivity contribution in [3.63, 3.8) is 0 Å². The van der Waals surface area contributed by atoms with E-state index in [0.29, 0.717) is 16.9 Å². The molecule has 5 rings (SSSR count). The van der Waals surface area contributed by atoms with E-state index >= 15 is 0 Å². The van der Waals surface area contributed by atoms with Crippen LogP contribution in [-0.2, 0) is 20.9 Å². The molecule has 0 aliphatic heterocycles. The molecule has 0 radical (unpaired) electrons. The van der Waals surface area contributed by atoms with Crippen LogP contribution in [0.25, 0.3) is 33.8 Å². The molecule has 9 heteroatoms. The topological polar surface area (TPSA) is 109 Å². The van der Waals surface area contributed by atoms with Gasteiger partial charge in [-0.25, -0.2) is 14.6 Å². The van der Waals surface area contributed by atoms with Crippen LogP contribution in [0.5, 0.6) is 0 Å². The lowest BCUT2D eigenvalue weighted by Crippen LogP contribution is -2.17. The second kappa shape index (κ2) is 10.8. The first kappa shape index (κ1) is 24.5. The summed E-state index contributed by atoms with van der Waals surface area (Å²) < 4.78 is 12.2. The van der Waals surface area contributed by atoms with Crippen LogP contribution in [0.15, 0.2) is 84.9 Å². The fraction of sp³-hybridized carbons (Fsp3) is 0.103. The van der Waals surface area contributed by atoms with Crippen molar-refractivity contribution >= 4 is 34.6 Å². The molecule has 5 aromatic rings. The van der Waals surface area contributed by atoms with Crippen molar-refractivity contribution < 1.29 is 19.1 Å². The zero-order chi connectivity index (χ0) is 26.5. The van der Waals surface area contributed by atoms with Gasteiger partial charge in [-0.05, 0) is 40.6 Å². The SMILES string of the molecule is COC(=O)c1c(COC(=O)C(=Cc2ccccc2)n2nnnc2C)nc2ccccc2c1-c1ccccc1. The molecule has 38 heavy (non-hydrogen) atoms. The number of carbonyl (C=O) groups is 2. The maximum absolute atomic E-state index is 13.4. The fourth-order valence-electron chi connectivity index (χ4n) is 4.17. The minimum absolute atomic E-state index is 0.113. The first-order chi connectivity index (χ1) is 18.6. The molecular weight excluding hydrogens is 482 g/mol. The smallest absolute Gasteiger partial charge is 0.357 e. The number of para-hydroxylation sites is 1. The van der Waals surface area contributed by atoms with Gasteiger partial charge in [-0.3, -0.25) is 0 Å². The predicted molar refractivity (Wildman–Crippen MR) is 141 cm³/mol. The van der Waals surface area contributed by atoms with Crippen molar-refractivity contribution in [2.45, 2.75) is 13.5 Å². The van der Waals surface area contributed by atoms with Crippen LogP contribution in [0.4, 0.5) is 0 Å². The third kappa shape index (κ3) is 4.90. The molecule has 0 amide bonds. The lowest BCUT2D eigenvalue weighted by molar-refractivity contribution is -0.138. The Balaban J connectivity index is 1.58. The summed E-state index contributed by atoms with van der Waals surface area (Å²) in [6, 6.07) is 26.3. The van der Waals surface area contributed by atoms with Crippen LogP contribution in [0.2, 0.25) is 0 Å². The van der Waals surface area contributed by atoms with Crippen molar-refractivity contribution in [1.29, 1.82) is 0 Å². The second-order valence-corrected chi connectivity index (χ2v) is 8.34. The zero-order valence-corrected chi connectivity index (χ0v) is 20.7. The Morgan fingerprint density at radius 1 is 0.921 bits per heavy atom. The summed E-state index contributed by atoms with van der Waals surface area (Å²) in [6.45, 7) is 1.40. The van der Waals surface area contributed by atoms with Crippen LogP contribution >= 0.6 is 0 Å². The molecule has 0 aliphatic carbocycles. The maximum atomic E-state index is 13.4. The number of carbonyl (C=O) groups excluding carboxylic acids is 2. The van der Waals surface area contributed by atoms with E-state index in [1.807, 2.05) is 84.9 Å². The first-order valence-corrected chi connectivity index (χ1v) is 11.8. The first-order valence-electron chi connectivity index (χ1n) is 11.8. The summed E-state index contributed by atoms with van der Waals surface area (Å²) in [5, 5.41) is 12.3. The molecule has 0 N–H and O–H groups in total. The molecule has 0 aliphatic rings. The number of aromatic nitrogens is 5. The number of hydrogen-bond acceptors (Lipinski definition) is 8. The lowest BCUT2D eigenvalue weighted by atomic mass is 9.94. The van der Waals surface area contributed by atoms with Gasteiger partial charge in [-0.1, -0.05) is 78.9 Å². The molecule has 0 unspecified atom stereocenters. The molecule has 2 aromatic heterocycles. The summed E-state index contributed by atoms with van der Waals surface area (Å²) in [5.41, 5.74) is 3.51. The molecule has 2 heterocycles. The molecule has 9 nitrogen and oxygen atoms in total. The number of rotatable bonds is 7. The van der Waals surface area contributed by atoms with Gasteiger partial charge in [0.25, 0.3) is 0 Å². The van der Waals surface area contributed by atoms with Gasteiger partial charge < -0.3 is 9.47 Å². The third-order valence-electron chi connectivity index (χ3n) is 5.93. The van der Waals surface area contributed by atoms with Gasteiger partial charge in [0.2, 0.25) is 0 Å². The van der Waals surface area contributed by atoms with Crippen molar-refractivity contribution in [3.8, 4) is 11.1 Å². The lowest BCUT2D eigenvalue weighted by Gasteiger charge is -2.16. The van der Waals surface area contributed by atoms with Gasteiger partial charge >= 0.3 is 11.9 Å². The Kier molecular flexibility index (Phi) is 6.99. The van der Waals surface area contributed by atoms with Crippen LogP contribution in [0.1, 0.15) is 27.4 Å². The monoisotopic (exact) mass is 505 g/mol. The maximum Gasteiger partial charge on any atom is 0.357 e. The molecule has 0 saturated heterocycles. The van der Waals surface area contributed by atoms with Crippen LogP contribution in [0, 0.1) is 6.92 Å².